The first-order chi connectivity index (χ1) is 13.6. The molecule has 28 heavy (non-hydrogen) atoms. The zero-order valence-corrected chi connectivity index (χ0v) is 15.9. The van der Waals surface area contributed by atoms with Crippen molar-refractivity contribution in [3.05, 3.63) is 81.6 Å². The Morgan fingerprint density at radius 1 is 1.07 bits per heavy atom. The van der Waals surface area contributed by atoms with Crippen molar-refractivity contribution in [2.75, 3.05) is 31.1 Å². The minimum atomic E-state index is -0.322. The maximum atomic E-state index is 12.6. The number of hydrogen-bond donors (Lipinski definition) is 0. The molecule has 0 atom stereocenters. The van der Waals surface area contributed by atoms with E-state index in [4.69, 9.17) is 16.0 Å². The molecule has 4 rings (SSSR count). The number of rotatable bonds is 4. The number of carbonyl (C=O) groups excluding carboxylic acids is 1. The van der Waals surface area contributed by atoms with Crippen LogP contribution in [0, 0.1) is 0 Å². The summed E-state index contributed by atoms with van der Waals surface area (Å²) >= 11 is 6.37. The SMILES string of the molecule is O=C(c1ccco1)N1CCN(c2cnn(Cc3ccccc3)c(=O)c2Cl)CC1. The second-order valence-corrected chi connectivity index (χ2v) is 6.93. The van der Waals surface area contributed by atoms with Crippen LogP contribution in [0.4, 0.5) is 5.69 Å². The van der Waals surface area contributed by atoms with Crippen molar-refractivity contribution in [1.82, 2.24) is 14.7 Å². The number of anilines is 1. The zero-order valence-electron chi connectivity index (χ0n) is 15.1. The molecule has 8 heteroatoms. The van der Waals surface area contributed by atoms with Crippen molar-refractivity contribution < 1.29 is 9.21 Å². The molecule has 1 amide bonds. The Labute approximate surface area is 166 Å². The van der Waals surface area contributed by atoms with E-state index >= 15 is 0 Å². The topological polar surface area (TPSA) is 71.6 Å². The third-order valence-corrected chi connectivity index (χ3v) is 5.14. The summed E-state index contributed by atoms with van der Waals surface area (Å²) in [5.41, 5.74) is 1.25. The molecule has 0 radical (unpaired) electrons. The highest BCUT2D eigenvalue weighted by Crippen LogP contribution is 2.23. The minimum absolute atomic E-state index is 0.132. The first-order valence-electron chi connectivity index (χ1n) is 9.01. The molecule has 3 aromatic rings. The van der Waals surface area contributed by atoms with Crippen LogP contribution < -0.4 is 10.5 Å². The van der Waals surface area contributed by atoms with Gasteiger partial charge in [0.05, 0.1) is 24.7 Å². The fourth-order valence-electron chi connectivity index (χ4n) is 3.25. The fraction of sp³-hybridized carbons (Fsp3) is 0.250. The first-order valence-corrected chi connectivity index (χ1v) is 9.38. The molecule has 0 N–H and O–H groups in total. The van der Waals surface area contributed by atoms with E-state index in [0.29, 0.717) is 44.2 Å². The van der Waals surface area contributed by atoms with Crippen LogP contribution in [0.3, 0.4) is 0 Å². The second-order valence-electron chi connectivity index (χ2n) is 6.55. The number of benzene rings is 1. The maximum Gasteiger partial charge on any atom is 0.289 e. The van der Waals surface area contributed by atoms with Crippen LogP contribution in [-0.4, -0.2) is 46.8 Å². The number of hydrogen-bond acceptors (Lipinski definition) is 5. The highest BCUT2D eigenvalue weighted by Gasteiger charge is 2.25. The smallest absolute Gasteiger partial charge is 0.289 e. The number of piperazine rings is 1. The lowest BCUT2D eigenvalue weighted by molar-refractivity contribution is 0.0714. The van der Waals surface area contributed by atoms with E-state index in [1.54, 1.807) is 23.2 Å². The van der Waals surface area contributed by atoms with Gasteiger partial charge >= 0.3 is 0 Å². The Hall–Kier alpha value is -3.06. The van der Waals surface area contributed by atoms with Crippen LogP contribution >= 0.6 is 11.6 Å². The van der Waals surface area contributed by atoms with E-state index in [1.165, 1.54) is 10.9 Å². The fourth-order valence-corrected chi connectivity index (χ4v) is 3.52. The number of furan rings is 1. The van der Waals surface area contributed by atoms with E-state index in [-0.39, 0.29) is 16.5 Å². The average Bonchev–Trinajstić information content (AvgIpc) is 3.27. The summed E-state index contributed by atoms with van der Waals surface area (Å²) in [6.45, 7) is 2.53. The summed E-state index contributed by atoms with van der Waals surface area (Å²) in [6, 6.07) is 13.0. The number of amides is 1. The minimum Gasteiger partial charge on any atom is -0.459 e. The van der Waals surface area contributed by atoms with Gasteiger partial charge < -0.3 is 14.2 Å². The van der Waals surface area contributed by atoms with Crippen molar-refractivity contribution >= 4 is 23.2 Å². The number of carbonyl (C=O) groups is 1. The van der Waals surface area contributed by atoms with Gasteiger partial charge in [0.25, 0.3) is 11.5 Å². The molecule has 2 aromatic heterocycles. The molecule has 0 unspecified atom stereocenters. The van der Waals surface area contributed by atoms with Crippen molar-refractivity contribution in [2.45, 2.75) is 6.54 Å². The van der Waals surface area contributed by atoms with Gasteiger partial charge in [-0.2, -0.15) is 5.10 Å². The van der Waals surface area contributed by atoms with Gasteiger partial charge in [0.15, 0.2) is 5.76 Å². The Bertz CT molecular complexity index is 1010. The number of aromatic nitrogens is 2. The van der Waals surface area contributed by atoms with Gasteiger partial charge in [-0.25, -0.2) is 4.68 Å². The zero-order chi connectivity index (χ0) is 19.5. The second kappa shape index (κ2) is 7.90. The summed E-state index contributed by atoms with van der Waals surface area (Å²) in [4.78, 5) is 28.7. The largest absolute Gasteiger partial charge is 0.459 e. The van der Waals surface area contributed by atoms with Gasteiger partial charge in [0, 0.05) is 26.2 Å². The van der Waals surface area contributed by atoms with Crippen LogP contribution in [0.1, 0.15) is 16.1 Å². The van der Waals surface area contributed by atoms with Crippen LogP contribution in [0.15, 0.2) is 64.1 Å². The highest BCUT2D eigenvalue weighted by atomic mass is 35.5. The van der Waals surface area contributed by atoms with Crippen molar-refractivity contribution in [3.8, 4) is 0 Å². The van der Waals surface area contributed by atoms with E-state index in [9.17, 15) is 9.59 Å². The van der Waals surface area contributed by atoms with E-state index in [2.05, 4.69) is 5.10 Å². The summed E-state index contributed by atoms with van der Waals surface area (Å²) < 4.78 is 6.54. The lowest BCUT2D eigenvalue weighted by atomic mass is 10.2. The maximum absolute atomic E-state index is 12.6. The van der Waals surface area contributed by atoms with Crippen LogP contribution in [-0.2, 0) is 6.54 Å². The Balaban J connectivity index is 1.46. The molecule has 0 spiro atoms. The molecular formula is C20H19ClN4O3. The number of halogens is 1. The van der Waals surface area contributed by atoms with E-state index in [0.717, 1.165) is 5.56 Å². The highest BCUT2D eigenvalue weighted by molar-refractivity contribution is 6.33. The van der Waals surface area contributed by atoms with Crippen molar-refractivity contribution in [1.29, 1.82) is 0 Å². The van der Waals surface area contributed by atoms with Gasteiger partial charge in [-0.3, -0.25) is 9.59 Å². The summed E-state index contributed by atoms with van der Waals surface area (Å²) in [6.07, 6.45) is 3.11. The van der Waals surface area contributed by atoms with Gasteiger partial charge in [0.1, 0.15) is 5.02 Å². The molecule has 1 aliphatic heterocycles. The third kappa shape index (κ3) is 3.66. The molecule has 0 bridgehead atoms. The summed E-state index contributed by atoms with van der Waals surface area (Å²) in [5, 5.41) is 4.44. The number of nitrogens with zero attached hydrogens (tertiary/aromatic N) is 4. The molecule has 0 saturated carbocycles. The molecule has 1 fully saturated rings. The predicted molar refractivity (Wildman–Crippen MR) is 106 cm³/mol. The third-order valence-electron chi connectivity index (χ3n) is 4.78. The van der Waals surface area contributed by atoms with Crippen LogP contribution in [0.5, 0.6) is 0 Å². The molecular weight excluding hydrogens is 380 g/mol. The Morgan fingerprint density at radius 2 is 1.82 bits per heavy atom. The molecule has 1 saturated heterocycles. The quantitative estimate of drug-likeness (QED) is 0.675. The van der Waals surface area contributed by atoms with E-state index in [1.807, 2.05) is 35.2 Å². The lowest BCUT2D eigenvalue weighted by Crippen LogP contribution is -2.49. The lowest BCUT2D eigenvalue weighted by Gasteiger charge is -2.35. The predicted octanol–water partition coefficient (Wildman–Crippen LogP) is 2.50. The summed E-state index contributed by atoms with van der Waals surface area (Å²) in [5.74, 6) is 0.198. The van der Waals surface area contributed by atoms with Crippen LogP contribution in [0.25, 0.3) is 0 Å². The van der Waals surface area contributed by atoms with Gasteiger partial charge in [-0.05, 0) is 17.7 Å². The van der Waals surface area contributed by atoms with Gasteiger partial charge in [-0.15, -0.1) is 0 Å². The van der Waals surface area contributed by atoms with E-state index < -0.39 is 0 Å². The first kappa shape index (κ1) is 18.3. The van der Waals surface area contributed by atoms with Crippen LogP contribution in [0.2, 0.25) is 5.02 Å². The van der Waals surface area contributed by atoms with Gasteiger partial charge in [0.2, 0.25) is 0 Å². The molecule has 7 nitrogen and oxygen atoms in total. The monoisotopic (exact) mass is 398 g/mol. The molecule has 144 valence electrons. The average molecular weight is 399 g/mol. The molecule has 0 aliphatic carbocycles. The standard InChI is InChI=1S/C20H19ClN4O3/c21-18-16(13-22-25(20(18)27)14-15-5-2-1-3-6-15)23-8-10-24(11-9-23)19(26)17-7-4-12-28-17/h1-7,12-13H,8-11,14H2. The Morgan fingerprint density at radius 3 is 2.50 bits per heavy atom. The molecule has 1 aliphatic rings. The molecule has 3 heterocycles. The van der Waals surface area contributed by atoms with Crippen molar-refractivity contribution in [2.24, 2.45) is 0 Å². The Kier molecular flexibility index (Phi) is 5.16. The normalized spacial score (nSPS) is 14.3. The molecule has 1 aromatic carbocycles. The van der Waals surface area contributed by atoms with Crippen molar-refractivity contribution in [3.63, 3.8) is 0 Å². The van der Waals surface area contributed by atoms with Gasteiger partial charge in [-0.1, -0.05) is 41.9 Å². The summed E-state index contributed by atoms with van der Waals surface area (Å²) in [7, 11) is 0.